The Morgan fingerprint density at radius 3 is 2.53 bits per heavy atom. The molecule has 5 nitrogen and oxygen atoms in total. The molecule has 1 saturated heterocycles. The van der Waals surface area contributed by atoms with Gasteiger partial charge >= 0.3 is 0 Å². The molecular weight excluding hydrogens is 244 g/mol. The van der Waals surface area contributed by atoms with Gasteiger partial charge in [0.15, 0.2) is 0 Å². The minimum Gasteiger partial charge on any atom is -0.378 e. The molecule has 2 atom stereocenters. The number of amides is 2. The van der Waals surface area contributed by atoms with E-state index in [1.54, 1.807) is 0 Å². The van der Waals surface area contributed by atoms with Crippen LogP contribution in [-0.2, 0) is 14.3 Å². The molecule has 1 heterocycles. The fourth-order valence-corrected chi connectivity index (χ4v) is 2.64. The van der Waals surface area contributed by atoms with Crippen LogP contribution >= 0.6 is 0 Å². The van der Waals surface area contributed by atoms with Crippen LogP contribution < -0.4 is 11.1 Å². The van der Waals surface area contributed by atoms with Crippen molar-refractivity contribution in [1.29, 1.82) is 0 Å². The Kier molecular flexibility index (Phi) is 5.79. The molecule has 3 N–H and O–H groups in total. The lowest BCUT2D eigenvalue weighted by atomic mass is 9.83. The summed E-state index contributed by atoms with van der Waals surface area (Å²) >= 11 is 0. The van der Waals surface area contributed by atoms with E-state index in [0.29, 0.717) is 12.8 Å². The highest BCUT2D eigenvalue weighted by molar-refractivity contribution is 5.90. The third-order valence-electron chi connectivity index (χ3n) is 4.03. The summed E-state index contributed by atoms with van der Waals surface area (Å²) in [6.45, 7) is 6.37. The zero-order valence-electron chi connectivity index (χ0n) is 12.2. The maximum Gasteiger partial charge on any atom is 0.243 e. The lowest BCUT2D eigenvalue weighted by Crippen LogP contribution is -2.60. The maximum atomic E-state index is 12.1. The van der Waals surface area contributed by atoms with E-state index in [1.807, 2.05) is 20.8 Å². The summed E-state index contributed by atoms with van der Waals surface area (Å²) in [7, 11) is 0. The van der Waals surface area contributed by atoms with E-state index >= 15 is 0 Å². The summed E-state index contributed by atoms with van der Waals surface area (Å²) in [5.41, 5.74) is 4.53. The van der Waals surface area contributed by atoms with Crippen LogP contribution in [0.2, 0.25) is 0 Å². The zero-order valence-corrected chi connectivity index (χ0v) is 12.2. The average molecular weight is 270 g/mol. The Balaban J connectivity index is 2.63. The molecular formula is C14H26N2O3. The van der Waals surface area contributed by atoms with Gasteiger partial charge in [-0.05, 0) is 31.6 Å². The fourth-order valence-electron chi connectivity index (χ4n) is 2.64. The van der Waals surface area contributed by atoms with Gasteiger partial charge in [0, 0.05) is 6.61 Å². The number of carbonyl (C=O) groups excluding carboxylic acids is 2. The lowest BCUT2D eigenvalue weighted by molar-refractivity contribution is -0.135. The Morgan fingerprint density at radius 2 is 2.11 bits per heavy atom. The van der Waals surface area contributed by atoms with Crippen molar-refractivity contribution in [3.8, 4) is 0 Å². The number of carbonyl (C=O) groups is 2. The van der Waals surface area contributed by atoms with Crippen molar-refractivity contribution >= 4 is 11.8 Å². The Labute approximate surface area is 115 Å². The molecule has 0 radical (unpaired) electrons. The molecule has 1 fully saturated rings. The second-order valence-electron chi connectivity index (χ2n) is 5.58. The van der Waals surface area contributed by atoms with E-state index in [0.717, 1.165) is 25.9 Å². The van der Waals surface area contributed by atoms with Crippen LogP contribution in [0.25, 0.3) is 0 Å². The molecule has 0 aromatic rings. The molecule has 19 heavy (non-hydrogen) atoms. The summed E-state index contributed by atoms with van der Waals surface area (Å²) in [5, 5.41) is 2.83. The van der Waals surface area contributed by atoms with Gasteiger partial charge in [-0.3, -0.25) is 9.59 Å². The minimum absolute atomic E-state index is 0.0247. The summed E-state index contributed by atoms with van der Waals surface area (Å²) in [5.74, 6) is -0.657. The third-order valence-corrected chi connectivity index (χ3v) is 4.03. The number of hydrogen-bond donors (Lipinski definition) is 2. The van der Waals surface area contributed by atoms with Crippen molar-refractivity contribution in [2.45, 2.75) is 64.5 Å². The van der Waals surface area contributed by atoms with Gasteiger partial charge in [-0.1, -0.05) is 20.8 Å². The van der Waals surface area contributed by atoms with Crippen LogP contribution in [0.3, 0.4) is 0 Å². The molecule has 1 aliphatic heterocycles. The molecule has 0 saturated carbocycles. The van der Waals surface area contributed by atoms with Crippen LogP contribution in [-0.4, -0.2) is 30.1 Å². The molecule has 0 aromatic carbocycles. The van der Waals surface area contributed by atoms with E-state index in [2.05, 4.69) is 5.32 Å². The van der Waals surface area contributed by atoms with Crippen LogP contribution in [0.4, 0.5) is 0 Å². The molecule has 1 rings (SSSR count). The zero-order chi connectivity index (χ0) is 14.5. The molecule has 1 aliphatic rings. The molecule has 0 aromatic heterocycles. The first-order chi connectivity index (χ1) is 8.92. The van der Waals surface area contributed by atoms with Gasteiger partial charge in [-0.2, -0.15) is 0 Å². The predicted octanol–water partition coefficient (Wildman–Crippen LogP) is 1.35. The highest BCUT2D eigenvalue weighted by Crippen LogP contribution is 2.22. The molecule has 0 spiro atoms. The van der Waals surface area contributed by atoms with E-state index in [1.165, 1.54) is 0 Å². The molecule has 0 bridgehead atoms. The summed E-state index contributed by atoms with van der Waals surface area (Å²) in [4.78, 5) is 23.8. The van der Waals surface area contributed by atoms with Crippen molar-refractivity contribution in [3.63, 3.8) is 0 Å². The van der Waals surface area contributed by atoms with E-state index < -0.39 is 11.4 Å². The molecule has 110 valence electrons. The van der Waals surface area contributed by atoms with Crippen molar-refractivity contribution in [2.24, 2.45) is 11.7 Å². The monoisotopic (exact) mass is 270 g/mol. The first-order valence-corrected chi connectivity index (χ1v) is 7.15. The molecule has 0 aliphatic carbocycles. The smallest absolute Gasteiger partial charge is 0.243 e. The second kappa shape index (κ2) is 6.89. The van der Waals surface area contributed by atoms with Crippen LogP contribution in [0.1, 0.15) is 52.9 Å². The Morgan fingerprint density at radius 1 is 1.42 bits per heavy atom. The average Bonchev–Trinajstić information content (AvgIpc) is 2.36. The first kappa shape index (κ1) is 16.0. The topological polar surface area (TPSA) is 81.4 Å². The van der Waals surface area contributed by atoms with Gasteiger partial charge in [0.05, 0.1) is 12.5 Å². The SMILES string of the molecule is CC[C@](NC(=O)C[C@@H]1CCCCO1)(C(N)=O)C(C)C. The fraction of sp³-hybridized carbons (Fsp3) is 0.857. The van der Waals surface area contributed by atoms with Crippen LogP contribution in [0, 0.1) is 5.92 Å². The van der Waals surface area contributed by atoms with Gasteiger partial charge in [0.1, 0.15) is 5.54 Å². The van der Waals surface area contributed by atoms with Gasteiger partial charge in [0.2, 0.25) is 11.8 Å². The Hall–Kier alpha value is -1.10. The largest absolute Gasteiger partial charge is 0.378 e. The van der Waals surface area contributed by atoms with Gasteiger partial charge < -0.3 is 15.8 Å². The van der Waals surface area contributed by atoms with Crippen molar-refractivity contribution in [3.05, 3.63) is 0 Å². The predicted molar refractivity (Wildman–Crippen MR) is 73.4 cm³/mol. The highest BCUT2D eigenvalue weighted by atomic mass is 16.5. The standard InChI is InChI=1S/C14H26N2O3/c1-4-14(10(2)3,13(15)18)16-12(17)9-11-7-5-6-8-19-11/h10-11H,4-9H2,1-3H3,(H2,15,18)(H,16,17)/t11-,14+/m0/s1. The van der Waals surface area contributed by atoms with E-state index in [-0.39, 0.29) is 17.9 Å². The van der Waals surface area contributed by atoms with Crippen molar-refractivity contribution < 1.29 is 14.3 Å². The number of nitrogens with one attached hydrogen (secondary N) is 1. The molecule has 0 unspecified atom stereocenters. The lowest BCUT2D eigenvalue weighted by Gasteiger charge is -2.35. The van der Waals surface area contributed by atoms with Gasteiger partial charge in [-0.15, -0.1) is 0 Å². The van der Waals surface area contributed by atoms with Gasteiger partial charge in [-0.25, -0.2) is 0 Å². The minimum atomic E-state index is -0.953. The normalized spacial score (nSPS) is 22.8. The third kappa shape index (κ3) is 3.93. The van der Waals surface area contributed by atoms with Crippen LogP contribution in [0.15, 0.2) is 0 Å². The second-order valence-corrected chi connectivity index (χ2v) is 5.58. The number of primary amides is 1. The quantitative estimate of drug-likeness (QED) is 0.764. The summed E-state index contributed by atoms with van der Waals surface area (Å²) in [6, 6.07) is 0. The summed E-state index contributed by atoms with van der Waals surface area (Å²) in [6.07, 6.45) is 3.84. The number of ether oxygens (including phenoxy) is 1. The van der Waals surface area contributed by atoms with E-state index in [9.17, 15) is 9.59 Å². The summed E-state index contributed by atoms with van der Waals surface area (Å²) < 4.78 is 5.54. The maximum absolute atomic E-state index is 12.1. The highest BCUT2D eigenvalue weighted by Gasteiger charge is 2.39. The Bertz CT molecular complexity index is 325. The first-order valence-electron chi connectivity index (χ1n) is 7.15. The molecule has 2 amide bonds. The number of hydrogen-bond acceptors (Lipinski definition) is 3. The number of rotatable bonds is 6. The van der Waals surface area contributed by atoms with Crippen LogP contribution in [0.5, 0.6) is 0 Å². The van der Waals surface area contributed by atoms with E-state index in [4.69, 9.17) is 10.5 Å². The number of nitrogens with two attached hydrogens (primary N) is 1. The van der Waals surface area contributed by atoms with Crippen molar-refractivity contribution in [1.82, 2.24) is 5.32 Å². The van der Waals surface area contributed by atoms with Crippen molar-refractivity contribution in [2.75, 3.05) is 6.61 Å². The molecule has 5 heteroatoms. The van der Waals surface area contributed by atoms with Gasteiger partial charge in [0.25, 0.3) is 0 Å².